The van der Waals surface area contributed by atoms with Crippen LogP contribution in [0, 0.1) is 0 Å². The molecular weight excluding hydrogens is 537 g/mol. The zero-order valence-corrected chi connectivity index (χ0v) is 23.7. The van der Waals surface area contributed by atoms with Crippen molar-refractivity contribution in [3.05, 3.63) is 146 Å². The van der Waals surface area contributed by atoms with Crippen LogP contribution in [0.2, 0.25) is 0 Å². The summed E-state index contributed by atoms with van der Waals surface area (Å²) in [6.45, 7) is 0. The monoisotopic (exact) mass is 560 g/mol. The summed E-state index contributed by atoms with van der Waals surface area (Å²) >= 11 is 3.61. The Morgan fingerprint density at radius 2 is 1.00 bits per heavy atom. The number of thiophene rings is 1. The van der Waals surface area contributed by atoms with Gasteiger partial charge in [0.15, 0.2) is 0 Å². The second kappa shape index (κ2) is 10.0. The highest BCUT2D eigenvalue weighted by molar-refractivity contribution is 7.26. The smallest absolute Gasteiger partial charge is 0.124 e. The molecule has 2 aromatic heterocycles. The van der Waals surface area contributed by atoms with Gasteiger partial charge in [0.2, 0.25) is 0 Å². The highest BCUT2D eigenvalue weighted by Crippen LogP contribution is 2.43. The maximum atomic E-state index is 4.97. The molecule has 0 aliphatic heterocycles. The largest absolute Gasteiger partial charge is 0.310 e. The molecule has 41 heavy (non-hydrogen) atoms. The Morgan fingerprint density at radius 3 is 1.73 bits per heavy atom. The first-order chi connectivity index (χ1) is 20.3. The Hall–Kier alpha value is -4.77. The molecule has 8 rings (SSSR count). The van der Waals surface area contributed by atoms with Crippen LogP contribution in [0.5, 0.6) is 0 Å². The Morgan fingerprint density at radius 1 is 0.415 bits per heavy atom. The first-order valence-electron chi connectivity index (χ1n) is 13.6. The van der Waals surface area contributed by atoms with Crippen molar-refractivity contribution in [1.29, 1.82) is 0 Å². The third-order valence-corrected chi connectivity index (χ3v) is 9.67. The molecule has 6 aromatic carbocycles. The summed E-state index contributed by atoms with van der Waals surface area (Å²) in [4.78, 5) is 7.31. The molecule has 0 N–H and O–H groups in total. The third-order valence-electron chi connectivity index (χ3n) is 7.49. The second-order valence-electron chi connectivity index (χ2n) is 10.1. The number of aromatic nitrogens is 1. The van der Waals surface area contributed by atoms with Crippen LogP contribution in [0.25, 0.3) is 52.1 Å². The van der Waals surface area contributed by atoms with E-state index in [1.165, 1.54) is 41.6 Å². The topological polar surface area (TPSA) is 16.1 Å². The molecule has 0 atom stereocenters. The van der Waals surface area contributed by atoms with E-state index in [1.807, 2.05) is 17.4 Å². The molecule has 194 valence electrons. The van der Waals surface area contributed by atoms with E-state index in [9.17, 15) is 0 Å². The predicted octanol–water partition coefficient (Wildman–Crippen LogP) is 11.5. The van der Waals surface area contributed by atoms with Crippen LogP contribution in [0.4, 0.5) is 17.1 Å². The van der Waals surface area contributed by atoms with E-state index in [0.29, 0.717) is 0 Å². The second-order valence-corrected chi connectivity index (χ2v) is 12.2. The maximum absolute atomic E-state index is 4.97. The fraction of sp³-hybridized carbons (Fsp3) is 0. The average molecular weight is 561 g/mol. The van der Waals surface area contributed by atoms with Crippen LogP contribution in [-0.4, -0.2) is 4.98 Å². The number of fused-ring (bicyclic) bond motifs is 4. The van der Waals surface area contributed by atoms with E-state index in [-0.39, 0.29) is 0 Å². The van der Waals surface area contributed by atoms with Gasteiger partial charge in [-0.1, -0.05) is 97.1 Å². The Balaban J connectivity index is 1.22. The first kappa shape index (κ1) is 24.1. The number of para-hydroxylation sites is 1. The number of anilines is 3. The van der Waals surface area contributed by atoms with Crippen molar-refractivity contribution in [2.75, 3.05) is 4.90 Å². The highest BCUT2D eigenvalue weighted by Gasteiger charge is 2.16. The van der Waals surface area contributed by atoms with Gasteiger partial charge < -0.3 is 4.90 Å². The highest BCUT2D eigenvalue weighted by atomic mass is 32.1. The zero-order chi connectivity index (χ0) is 27.2. The number of benzene rings is 6. The molecular formula is C37H24N2S2. The number of hydrogen-bond acceptors (Lipinski definition) is 4. The molecule has 0 aliphatic rings. The van der Waals surface area contributed by atoms with Crippen molar-refractivity contribution >= 4 is 70.1 Å². The van der Waals surface area contributed by atoms with Crippen LogP contribution < -0.4 is 4.90 Å². The summed E-state index contributed by atoms with van der Waals surface area (Å²) < 4.78 is 3.78. The summed E-state index contributed by atoms with van der Waals surface area (Å²) in [5.74, 6) is 0. The Labute approximate surface area is 246 Å². The van der Waals surface area contributed by atoms with E-state index >= 15 is 0 Å². The van der Waals surface area contributed by atoms with Gasteiger partial charge in [0.1, 0.15) is 5.01 Å². The molecule has 0 fully saturated rings. The molecule has 0 saturated carbocycles. The lowest BCUT2D eigenvalue weighted by atomic mass is 10.0. The summed E-state index contributed by atoms with van der Waals surface area (Å²) in [5, 5.41) is 3.66. The van der Waals surface area contributed by atoms with Crippen molar-refractivity contribution in [1.82, 2.24) is 4.98 Å². The Bertz CT molecular complexity index is 2130. The summed E-state index contributed by atoms with van der Waals surface area (Å²) in [6, 6.07) is 51.9. The minimum absolute atomic E-state index is 1.07. The number of rotatable bonds is 5. The van der Waals surface area contributed by atoms with E-state index < -0.39 is 0 Å². The van der Waals surface area contributed by atoms with Gasteiger partial charge in [-0.3, -0.25) is 0 Å². The fourth-order valence-corrected chi connectivity index (χ4v) is 7.63. The van der Waals surface area contributed by atoms with Gasteiger partial charge in [-0.2, -0.15) is 0 Å². The predicted molar refractivity (Wildman–Crippen MR) is 178 cm³/mol. The summed E-state index contributed by atoms with van der Waals surface area (Å²) in [6.07, 6.45) is 0. The van der Waals surface area contributed by atoms with Crippen molar-refractivity contribution < 1.29 is 0 Å². The van der Waals surface area contributed by atoms with Crippen LogP contribution in [0.15, 0.2) is 146 Å². The van der Waals surface area contributed by atoms with Gasteiger partial charge >= 0.3 is 0 Å². The molecule has 8 aromatic rings. The van der Waals surface area contributed by atoms with Gasteiger partial charge in [0.25, 0.3) is 0 Å². The number of nitrogens with zero attached hydrogens (tertiary/aromatic N) is 2. The van der Waals surface area contributed by atoms with Crippen molar-refractivity contribution in [3.63, 3.8) is 0 Å². The molecule has 4 heteroatoms. The van der Waals surface area contributed by atoms with Crippen LogP contribution in [0.1, 0.15) is 0 Å². The molecule has 0 unspecified atom stereocenters. The quantitative estimate of drug-likeness (QED) is 0.208. The zero-order valence-electron chi connectivity index (χ0n) is 22.1. The average Bonchev–Trinajstić information content (AvgIpc) is 3.62. The van der Waals surface area contributed by atoms with E-state index in [0.717, 1.165) is 27.6 Å². The van der Waals surface area contributed by atoms with Gasteiger partial charge in [0.05, 0.1) is 10.2 Å². The van der Waals surface area contributed by atoms with E-state index in [4.69, 9.17) is 4.98 Å². The van der Waals surface area contributed by atoms with Crippen LogP contribution >= 0.6 is 22.7 Å². The maximum Gasteiger partial charge on any atom is 0.124 e. The summed E-state index contributed by atoms with van der Waals surface area (Å²) in [5.41, 5.74) is 8.10. The SMILES string of the molecule is c1ccc(-c2ccc(N(c3ccccc3)c3ccc4c(c3)sc3cc5nc(-c6ccccc6)sc5cc34)cc2)cc1. The normalized spacial score (nSPS) is 11.4. The number of hydrogen-bond donors (Lipinski definition) is 0. The van der Waals surface area contributed by atoms with Crippen molar-refractivity contribution in [2.45, 2.75) is 0 Å². The standard InChI is InChI=1S/C37H24N2S2/c1-4-10-25(11-5-1)26-16-18-29(19-17-26)39(28-14-8-3-9-15-28)30-20-21-31-32-23-36-33(24-35(32)40-34(31)22-30)38-37(41-36)27-12-6-2-7-13-27/h1-24H. The molecule has 2 heterocycles. The van der Waals surface area contributed by atoms with Crippen molar-refractivity contribution in [2.24, 2.45) is 0 Å². The molecule has 0 bridgehead atoms. The third kappa shape index (κ3) is 4.38. The Kier molecular flexibility index (Phi) is 5.87. The molecule has 0 spiro atoms. The van der Waals surface area contributed by atoms with E-state index in [1.54, 1.807) is 11.3 Å². The lowest BCUT2D eigenvalue weighted by molar-refractivity contribution is 1.29. The van der Waals surface area contributed by atoms with Crippen molar-refractivity contribution in [3.8, 4) is 21.7 Å². The molecule has 2 nitrogen and oxygen atoms in total. The fourth-order valence-electron chi connectivity index (χ4n) is 5.49. The summed E-state index contributed by atoms with van der Waals surface area (Å²) in [7, 11) is 0. The minimum atomic E-state index is 1.07. The van der Waals surface area contributed by atoms with Gasteiger partial charge in [-0.15, -0.1) is 22.7 Å². The first-order valence-corrected chi connectivity index (χ1v) is 15.3. The molecule has 0 radical (unpaired) electrons. The molecule has 0 amide bonds. The van der Waals surface area contributed by atoms with Gasteiger partial charge in [0, 0.05) is 42.8 Å². The van der Waals surface area contributed by atoms with Crippen LogP contribution in [0.3, 0.4) is 0 Å². The molecule has 0 aliphatic carbocycles. The number of thiazole rings is 1. The van der Waals surface area contributed by atoms with Gasteiger partial charge in [-0.25, -0.2) is 4.98 Å². The lowest BCUT2D eigenvalue weighted by Gasteiger charge is -2.25. The van der Waals surface area contributed by atoms with Crippen LogP contribution in [-0.2, 0) is 0 Å². The lowest BCUT2D eigenvalue weighted by Crippen LogP contribution is -2.09. The van der Waals surface area contributed by atoms with E-state index in [2.05, 4.69) is 144 Å². The van der Waals surface area contributed by atoms with Gasteiger partial charge in [-0.05, 0) is 59.7 Å². The minimum Gasteiger partial charge on any atom is -0.310 e. The molecule has 0 saturated heterocycles.